The van der Waals surface area contributed by atoms with Crippen molar-refractivity contribution >= 4 is 32.9 Å². The molecule has 2 heterocycles. The quantitative estimate of drug-likeness (QED) is 0.736. The van der Waals surface area contributed by atoms with Gasteiger partial charge in [0.2, 0.25) is 0 Å². The van der Waals surface area contributed by atoms with Crippen LogP contribution in [0.5, 0.6) is 11.5 Å². The Balaban J connectivity index is 2.26. The molecule has 2 aromatic heterocycles. The highest BCUT2D eigenvalue weighted by molar-refractivity contribution is 7.22. The summed E-state index contributed by atoms with van der Waals surface area (Å²) in [5, 5.41) is 2.87. The lowest BCUT2D eigenvalue weighted by molar-refractivity contribution is 0.410. The lowest BCUT2D eigenvalue weighted by Gasteiger charge is -2.03. The SMILES string of the molecule is COc1ccc(OC)c2sc(-c3cscn3)nc12. The van der Waals surface area contributed by atoms with E-state index in [-0.39, 0.29) is 0 Å². The Bertz CT molecular complexity index is 636. The molecule has 0 aliphatic carbocycles. The third-order valence-corrected chi connectivity index (χ3v) is 4.24. The average molecular weight is 278 g/mol. The van der Waals surface area contributed by atoms with Gasteiger partial charge in [-0.3, -0.25) is 0 Å². The summed E-state index contributed by atoms with van der Waals surface area (Å²) in [4.78, 5) is 8.87. The molecule has 0 N–H and O–H groups in total. The molecule has 1 aromatic carbocycles. The first kappa shape index (κ1) is 11.4. The molecule has 0 bridgehead atoms. The van der Waals surface area contributed by atoms with Gasteiger partial charge in [-0.15, -0.1) is 22.7 Å². The van der Waals surface area contributed by atoms with Gasteiger partial charge < -0.3 is 9.47 Å². The lowest BCUT2D eigenvalue weighted by Crippen LogP contribution is -1.87. The maximum absolute atomic E-state index is 5.35. The molecule has 0 atom stereocenters. The van der Waals surface area contributed by atoms with Crippen LogP contribution >= 0.6 is 22.7 Å². The number of ether oxygens (including phenoxy) is 2. The molecule has 4 nitrogen and oxygen atoms in total. The molecule has 0 amide bonds. The molecule has 0 saturated carbocycles. The first-order valence-electron chi connectivity index (χ1n) is 5.23. The topological polar surface area (TPSA) is 44.2 Å². The smallest absolute Gasteiger partial charge is 0.146 e. The van der Waals surface area contributed by atoms with Crippen molar-refractivity contribution in [3.8, 4) is 22.2 Å². The van der Waals surface area contributed by atoms with E-state index in [0.717, 1.165) is 32.4 Å². The van der Waals surface area contributed by atoms with E-state index in [4.69, 9.17) is 9.47 Å². The number of fused-ring (bicyclic) bond motifs is 1. The van der Waals surface area contributed by atoms with Gasteiger partial charge in [-0.25, -0.2) is 9.97 Å². The molecular formula is C12H10N2O2S2. The summed E-state index contributed by atoms with van der Waals surface area (Å²) in [5.41, 5.74) is 3.52. The Labute approximate surface area is 112 Å². The van der Waals surface area contributed by atoms with Crippen molar-refractivity contribution in [2.45, 2.75) is 0 Å². The summed E-state index contributed by atoms with van der Waals surface area (Å²) >= 11 is 3.12. The summed E-state index contributed by atoms with van der Waals surface area (Å²) in [6.45, 7) is 0. The highest BCUT2D eigenvalue weighted by Gasteiger charge is 2.15. The van der Waals surface area contributed by atoms with Crippen LogP contribution in [0.2, 0.25) is 0 Å². The fraction of sp³-hybridized carbons (Fsp3) is 0.167. The Kier molecular flexibility index (Phi) is 2.89. The largest absolute Gasteiger partial charge is 0.495 e. The second-order valence-corrected chi connectivity index (χ2v) is 5.26. The van der Waals surface area contributed by atoms with Crippen molar-refractivity contribution in [2.75, 3.05) is 14.2 Å². The van der Waals surface area contributed by atoms with Crippen molar-refractivity contribution in [2.24, 2.45) is 0 Å². The Morgan fingerprint density at radius 3 is 2.56 bits per heavy atom. The number of benzene rings is 1. The van der Waals surface area contributed by atoms with Gasteiger partial charge in [-0.2, -0.15) is 0 Å². The van der Waals surface area contributed by atoms with E-state index in [9.17, 15) is 0 Å². The molecule has 0 unspecified atom stereocenters. The number of hydrogen-bond acceptors (Lipinski definition) is 6. The van der Waals surface area contributed by atoms with Crippen molar-refractivity contribution in [3.63, 3.8) is 0 Å². The highest BCUT2D eigenvalue weighted by atomic mass is 32.1. The second kappa shape index (κ2) is 4.55. The predicted octanol–water partition coefficient (Wildman–Crippen LogP) is 3.44. The first-order chi connectivity index (χ1) is 8.83. The summed E-state index contributed by atoms with van der Waals surface area (Å²) in [6, 6.07) is 3.76. The van der Waals surface area contributed by atoms with E-state index in [1.165, 1.54) is 0 Å². The number of hydrogen-bond donors (Lipinski definition) is 0. The van der Waals surface area contributed by atoms with Crippen molar-refractivity contribution in [3.05, 3.63) is 23.0 Å². The Hall–Kier alpha value is -1.66. The van der Waals surface area contributed by atoms with Crippen LogP contribution in [0.3, 0.4) is 0 Å². The molecule has 6 heteroatoms. The van der Waals surface area contributed by atoms with Crippen molar-refractivity contribution in [1.29, 1.82) is 0 Å². The summed E-state index contributed by atoms with van der Waals surface area (Å²) in [5.74, 6) is 1.56. The van der Waals surface area contributed by atoms with Gasteiger partial charge in [0.05, 0.1) is 19.7 Å². The molecule has 18 heavy (non-hydrogen) atoms. The van der Waals surface area contributed by atoms with Gasteiger partial charge in [0, 0.05) is 5.38 Å². The number of rotatable bonds is 3. The highest BCUT2D eigenvalue weighted by Crippen LogP contribution is 2.39. The number of nitrogens with zero attached hydrogens (tertiary/aromatic N) is 2. The van der Waals surface area contributed by atoms with E-state index in [0.29, 0.717) is 0 Å². The maximum Gasteiger partial charge on any atom is 0.146 e. The molecule has 0 radical (unpaired) electrons. The summed E-state index contributed by atoms with van der Waals surface area (Å²) in [7, 11) is 3.30. The molecule has 3 aromatic rings. The van der Waals surface area contributed by atoms with Crippen LogP contribution in [0.15, 0.2) is 23.0 Å². The predicted molar refractivity (Wildman–Crippen MR) is 73.8 cm³/mol. The molecule has 92 valence electrons. The van der Waals surface area contributed by atoms with Crippen LogP contribution in [0.1, 0.15) is 0 Å². The van der Waals surface area contributed by atoms with Crippen LogP contribution in [0, 0.1) is 0 Å². The number of aromatic nitrogens is 2. The van der Waals surface area contributed by atoms with E-state index in [1.807, 2.05) is 17.5 Å². The first-order valence-corrected chi connectivity index (χ1v) is 6.99. The van der Waals surface area contributed by atoms with Gasteiger partial charge in [0.25, 0.3) is 0 Å². The van der Waals surface area contributed by atoms with Crippen LogP contribution < -0.4 is 9.47 Å². The van der Waals surface area contributed by atoms with Gasteiger partial charge in [-0.1, -0.05) is 0 Å². The van der Waals surface area contributed by atoms with Gasteiger partial charge in [0.15, 0.2) is 0 Å². The van der Waals surface area contributed by atoms with Crippen LogP contribution in [-0.2, 0) is 0 Å². The summed E-state index contributed by atoms with van der Waals surface area (Å²) < 4.78 is 11.7. The minimum atomic E-state index is 0.753. The molecular weight excluding hydrogens is 268 g/mol. The normalized spacial score (nSPS) is 10.8. The van der Waals surface area contributed by atoms with Crippen molar-refractivity contribution < 1.29 is 9.47 Å². The van der Waals surface area contributed by atoms with E-state index >= 15 is 0 Å². The number of thiazole rings is 2. The molecule has 0 fully saturated rings. The third kappa shape index (κ3) is 1.74. The molecule has 0 aliphatic heterocycles. The van der Waals surface area contributed by atoms with Crippen LogP contribution in [-0.4, -0.2) is 24.2 Å². The summed E-state index contributed by atoms with van der Waals surface area (Å²) in [6.07, 6.45) is 0. The standard InChI is InChI=1S/C12H10N2O2S2/c1-15-8-3-4-9(16-2)11-10(8)14-12(18-11)7-5-17-6-13-7/h3-6H,1-2H3. The van der Waals surface area contributed by atoms with Gasteiger partial charge in [0.1, 0.15) is 32.4 Å². The van der Waals surface area contributed by atoms with Crippen LogP contribution in [0.25, 0.3) is 20.9 Å². The minimum absolute atomic E-state index is 0.753. The monoisotopic (exact) mass is 278 g/mol. The minimum Gasteiger partial charge on any atom is -0.495 e. The molecule has 3 rings (SSSR count). The van der Waals surface area contributed by atoms with E-state index < -0.39 is 0 Å². The number of methoxy groups -OCH3 is 2. The van der Waals surface area contributed by atoms with E-state index in [1.54, 1.807) is 42.4 Å². The second-order valence-electron chi connectivity index (χ2n) is 3.54. The zero-order valence-corrected chi connectivity index (χ0v) is 11.5. The fourth-order valence-electron chi connectivity index (χ4n) is 1.71. The Morgan fingerprint density at radius 2 is 1.89 bits per heavy atom. The lowest BCUT2D eigenvalue weighted by atomic mass is 10.3. The zero-order valence-electron chi connectivity index (χ0n) is 9.84. The van der Waals surface area contributed by atoms with Crippen molar-refractivity contribution in [1.82, 2.24) is 9.97 Å². The molecule has 0 saturated heterocycles. The van der Waals surface area contributed by atoms with E-state index in [2.05, 4.69) is 9.97 Å². The average Bonchev–Trinajstić information content (AvgIpc) is 3.05. The van der Waals surface area contributed by atoms with Gasteiger partial charge in [-0.05, 0) is 12.1 Å². The third-order valence-electron chi connectivity index (χ3n) is 2.56. The fourth-order valence-corrected chi connectivity index (χ4v) is 3.37. The zero-order chi connectivity index (χ0) is 12.5. The van der Waals surface area contributed by atoms with Gasteiger partial charge >= 0.3 is 0 Å². The maximum atomic E-state index is 5.35. The molecule has 0 aliphatic rings. The van der Waals surface area contributed by atoms with Crippen LogP contribution in [0.4, 0.5) is 0 Å². The molecule has 0 spiro atoms. The Morgan fingerprint density at radius 1 is 1.11 bits per heavy atom.